The summed E-state index contributed by atoms with van der Waals surface area (Å²) in [4.78, 5) is 0. The number of methoxy groups -OCH3 is 4. The Morgan fingerprint density at radius 1 is 0.457 bits per heavy atom. The first-order valence-electron chi connectivity index (χ1n) is 11.1. The number of hydrogen-bond donors (Lipinski definition) is 0. The molecule has 4 aromatic rings. The van der Waals surface area contributed by atoms with Crippen LogP contribution in [0.4, 0.5) is 0 Å². The molecule has 0 saturated heterocycles. The molecule has 4 nitrogen and oxygen atoms in total. The molecule has 0 amide bonds. The van der Waals surface area contributed by atoms with E-state index >= 15 is 0 Å². The van der Waals surface area contributed by atoms with Crippen molar-refractivity contribution in [2.45, 2.75) is 5.41 Å². The van der Waals surface area contributed by atoms with Crippen LogP contribution in [0.5, 0.6) is 23.0 Å². The second kappa shape index (κ2) is 8.04. The number of hydrogen-bond acceptors (Lipinski definition) is 4. The van der Waals surface area contributed by atoms with Gasteiger partial charge in [-0.2, -0.15) is 0 Å². The van der Waals surface area contributed by atoms with Crippen LogP contribution in [0.25, 0.3) is 22.3 Å². The van der Waals surface area contributed by atoms with Gasteiger partial charge in [0.2, 0.25) is 0 Å². The third-order valence-electron chi connectivity index (χ3n) is 7.21. The van der Waals surface area contributed by atoms with E-state index in [9.17, 15) is 0 Å². The lowest BCUT2D eigenvalue weighted by atomic mass is 9.70. The van der Waals surface area contributed by atoms with Crippen LogP contribution in [0.15, 0.2) is 69.6 Å². The Hall–Kier alpha value is -2.96. The monoisotopic (exact) mass is 592 g/mol. The molecule has 0 bridgehead atoms. The molecule has 0 aliphatic heterocycles. The first-order valence-corrected chi connectivity index (χ1v) is 12.7. The molecular formula is C29H22Br2O4. The van der Waals surface area contributed by atoms with Crippen molar-refractivity contribution in [2.24, 2.45) is 0 Å². The lowest BCUT2D eigenvalue weighted by Gasteiger charge is -2.31. The Kier molecular flexibility index (Phi) is 5.17. The molecule has 35 heavy (non-hydrogen) atoms. The van der Waals surface area contributed by atoms with Gasteiger partial charge in [-0.1, -0.05) is 44.0 Å². The van der Waals surface area contributed by atoms with E-state index in [2.05, 4.69) is 92.5 Å². The minimum atomic E-state index is -0.546. The number of rotatable bonds is 4. The molecule has 6 heteroatoms. The molecule has 0 fully saturated rings. The third kappa shape index (κ3) is 2.90. The van der Waals surface area contributed by atoms with Crippen LogP contribution in [0, 0.1) is 0 Å². The predicted molar refractivity (Wildman–Crippen MR) is 144 cm³/mol. The molecule has 0 atom stereocenters. The Labute approximate surface area is 221 Å². The van der Waals surface area contributed by atoms with Gasteiger partial charge in [-0.3, -0.25) is 0 Å². The Morgan fingerprint density at radius 3 is 1.17 bits per heavy atom. The van der Waals surface area contributed by atoms with Gasteiger partial charge in [0, 0.05) is 8.95 Å². The van der Waals surface area contributed by atoms with Gasteiger partial charge in [-0.05, 0) is 93.0 Å². The Bertz CT molecular complexity index is 1410. The summed E-state index contributed by atoms with van der Waals surface area (Å²) in [6.07, 6.45) is 0. The molecule has 0 radical (unpaired) electrons. The number of ether oxygens (including phenoxy) is 4. The third-order valence-corrected chi connectivity index (χ3v) is 8.19. The highest BCUT2D eigenvalue weighted by atomic mass is 79.9. The maximum absolute atomic E-state index is 5.78. The summed E-state index contributed by atoms with van der Waals surface area (Å²) in [6.45, 7) is 0. The molecule has 0 N–H and O–H groups in total. The molecular weight excluding hydrogens is 572 g/mol. The van der Waals surface area contributed by atoms with Crippen LogP contribution in [-0.2, 0) is 5.41 Å². The summed E-state index contributed by atoms with van der Waals surface area (Å²) in [5.41, 5.74) is 8.73. The van der Waals surface area contributed by atoms with E-state index in [1.54, 1.807) is 28.4 Å². The van der Waals surface area contributed by atoms with Crippen molar-refractivity contribution in [3.8, 4) is 45.3 Å². The molecule has 0 aromatic heterocycles. The Morgan fingerprint density at radius 2 is 0.800 bits per heavy atom. The molecule has 4 aromatic carbocycles. The molecule has 6 rings (SSSR count). The molecule has 1 spiro atoms. The summed E-state index contributed by atoms with van der Waals surface area (Å²) in [7, 11) is 6.69. The largest absolute Gasteiger partial charge is 0.493 e. The minimum absolute atomic E-state index is 0.546. The normalized spacial score (nSPS) is 13.7. The first kappa shape index (κ1) is 22.5. The van der Waals surface area contributed by atoms with Crippen molar-refractivity contribution in [2.75, 3.05) is 28.4 Å². The second-order valence-electron chi connectivity index (χ2n) is 8.64. The maximum atomic E-state index is 5.78. The van der Waals surface area contributed by atoms with Crippen LogP contribution >= 0.6 is 31.9 Å². The van der Waals surface area contributed by atoms with Crippen molar-refractivity contribution in [3.05, 3.63) is 91.9 Å². The molecule has 2 aliphatic rings. The molecule has 0 saturated carbocycles. The van der Waals surface area contributed by atoms with Gasteiger partial charge >= 0.3 is 0 Å². The zero-order chi connectivity index (χ0) is 24.5. The van der Waals surface area contributed by atoms with Gasteiger partial charge in [-0.25, -0.2) is 0 Å². The lowest BCUT2D eigenvalue weighted by molar-refractivity contribution is 0.354. The van der Waals surface area contributed by atoms with Gasteiger partial charge in [0.1, 0.15) is 0 Å². The van der Waals surface area contributed by atoms with E-state index in [0.29, 0.717) is 23.0 Å². The molecule has 0 heterocycles. The second-order valence-corrected chi connectivity index (χ2v) is 10.5. The zero-order valence-electron chi connectivity index (χ0n) is 19.7. The number of halogens is 2. The highest BCUT2D eigenvalue weighted by molar-refractivity contribution is 9.10. The van der Waals surface area contributed by atoms with Gasteiger partial charge < -0.3 is 18.9 Å². The summed E-state index contributed by atoms with van der Waals surface area (Å²) in [5, 5.41) is 0. The summed E-state index contributed by atoms with van der Waals surface area (Å²) in [5.74, 6) is 2.77. The fraction of sp³-hybridized carbons (Fsp3) is 0.172. The number of benzene rings is 4. The van der Waals surface area contributed by atoms with Gasteiger partial charge in [0.15, 0.2) is 23.0 Å². The fourth-order valence-corrected chi connectivity index (χ4v) is 6.55. The van der Waals surface area contributed by atoms with Crippen molar-refractivity contribution in [1.29, 1.82) is 0 Å². The van der Waals surface area contributed by atoms with E-state index < -0.39 is 5.41 Å². The fourth-order valence-electron chi connectivity index (χ4n) is 5.83. The van der Waals surface area contributed by atoms with Crippen LogP contribution in [-0.4, -0.2) is 28.4 Å². The molecule has 176 valence electrons. The highest BCUT2D eigenvalue weighted by Gasteiger charge is 2.52. The SMILES string of the molecule is COc1cc2c(cc1OC)C1(c3ccc(Br)cc3-c3cc(Br)ccc31)c1cc(OC)c(OC)cc1-2. The number of fused-ring (bicyclic) bond motifs is 10. The van der Waals surface area contributed by atoms with E-state index in [0.717, 1.165) is 31.2 Å². The smallest absolute Gasteiger partial charge is 0.161 e. The van der Waals surface area contributed by atoms with Crippen LogP contribution in [0.1, 0.15) is 22.3 Å². The molecule has 2 aliphatic carbocycles. The quantitative estimate of drug-likeness (QED) is 0.211. The standard InChI is InChI=1S/C29H22Br2O4/c1-32-25-11-19-20-12-26(33-2)28(35-4)14-24(20)29(23(19)13-27(25)34-3)21-7-5-15(30)9-17(21)18-10-16(31)6-8-22(18)29/h5-14H,1-4H3. The molecule has 0 unspecified atom stereocenters. The van der Waals surface area contributed by atoms with Crippen molar-refractivity contribution in [3.63, 3.8) is 0 Å². The van der Waals surface area contributed by atoms with E-state index in [4.69, 9.17) is 18.9 Å². The van der Waals surface area contributed by atoms with Crippen LogP contribution in [0.2, 0.25) is 0 Å². The van der Waals surface area contributed by atoms with Crippen molar-refractivity contribution < 1.29 is 18.9 Å². The Balaban J connectivity index is 1.83. The first-order chi connectivity index (χ1) is 17.0. The van der Waals surface area contributed by atoms with E-state index in [1.165, 1.54) is 22.3 Å². The topological polar surface area (TPSA) is 36.9 Å². The predicted octanol–water partition coefficient (Wildman–Crippen LogP) is 7.59. The van der Waals surface area contributed by atoms with Gasteiger partial charge in [-0.15, -0.1) is 0 Å². The maximum Gasteiger partial charge on any atom is 0.161 e. The average Bonchev–Trinajstić information content (AvgIpc) is 3.31. The minimum Gasteiger partial charge on any atom is -0.493 e. The average molecular weight is 594 g/mol. The van der Waals surface area contributed by atoms with E-state index in [1.807, 2.05) is 0 Å². The summed E-state index contributed by atoms with van der Waals surface area (Å²) in [6, 6.07) is 21.5. The van der Waals surface area contributed by atoms with Crippen LogP contribution < -0.4 is 18.9 Å². The van der Waals surface area contributed by atoms with Gasteiger partial charge in [0.05, 0.1) is 33.9 Å². The highest BCUT2D eigenvalue weighted by Crippen LogP contribution is 2.65. The zero-order valence-corrected chi connectivity index (χ0v) is 22.8. The van der Waals surface area contributed by atoms with E-state index in [-0.39, 0.29) is 0 Å². The van der Waals surface area contributed by atoms with Crippen molar-refractivity contribution >= 4 is 31.9 Å². The van der Waals surface area contributed by atoms with Crippen molar-refractivity contribution in [1.82, 2.24) is 0 Å². The van der Waals surface area contributed by atoms with Crippen LogP contribution in [0.3, 0.4) is 0 Å². The van der Waals surface area contributed by atoms with Gasteiger partial charge in [0.25, 0.3) is 0 Å². The summed E-state index contributed by atoms with van der Waals surface area (Å²) >= 11 is 7.39. The lowest BCUT2D eigenvalue weighted by Crippen LogP contribution is -2.26. The summed E-state index contributed by atoms with van der Waals surface area (Å²) < 4.78 is 25.0.